The second-order valence-corrected chi connectivity index (χ2v) is 4.86. The summed E-state index contributed by atoms with van der Waals surface area (Å²) in [6.07, 6.45) is 0. The van der Waals surface area contributed by atoms with Crippen LogP contribution in [0.1, 0.15) is 11.7 Å². The zero-order valence-corrected chi connectivity index (χ0v) is 10.9. The zero-order chi connectivity index (χ0) is 12.0. The number of benzene rings is 2. The molecule has 0 aliphatic heterocycles. The Balaban J connectivity index is 2.68. The first-order valence-corrected chi connectivity index (χ1v) is 6.18. The maximum absolute atomic E-state index is 11.8. The average molecular weight is 288 g/mol. The first-order chi connectivity index (χ1) is 8.20. The van der Waals surface area contributed by atoms with Crippen LogP contribution in [-0.2, 0) is 0 Å². The predicted molar refractivity (Wildman–Crippen MR) is 73.4 cm³/mol. The quantitative estimate of drug-likeness (QED) is 0.607. The van der Waals surface area contributed by atoms with E-state index in [2.05, 4.69) is 15.9 Å². The average Bonchev–Trinajstić information content (AvgIpc) is 2.65. The SMILES string of the molecule is CC(=O)n1c2ccccc2c2cccc(Br)c21. The maximum atomic E-state index is 11.8. The van der Waals surface area contributed by atoms with Gasteiger partial charge < -0.3 is 0 Å². The molecule has 0 saturated heterocycles. The Hall–Kier alpha value is -1.61. The smallest absolute Gasteiger partial charge is 0.228 e. The first kappa shape index (κ1) is 10.5. The molecule has 84 valence electrons. The van der Waals surface area contributed by atoms with Gasteiger partial charge in [0.2, 0.25) is 5.91 Å². The van der Waals surface area contributed by atoms with Gasteiger partial charge in [0, 0.05) is 22.2 Å². The van der Waals surface area contributed by atoms with Gasteiger partial charge in [-0.3, -0.25) is 9.36 Å². The van der Waals surface area contributed by atoms with Gasteiger partial charge in [0.1, 0.15) is 0 Å². The van der Waals surface area contributed by atoms with Crippen LogP contribution in [0.25, 0.3) is 21.8 Å². The summed E-state index contributed by atoms with van der Waals surface area (Å²) < 4.78 is 2.70. The number of aromatic nitrogens is 1. The van der Waals surface area contributed by atoms with Gasteiger partial charge in [-0.25, -0.2) is 0 Å². The van der Waals surface area contributed by atoms with Crippen LogP contribution in [0.2, 0.25) is 0 Å². The highest BCUT2D eigenvalue weighted by Crippen LogP contribution is 2.33. The summed E-state index contributed by atoms with van der Waals surface area (Å²) in [6.45, 7) is 1.59. The lowest BCUT2D eigenvalue weighted by Crippen LogP contribution is -2.04. The van der Waals surface area contributed by atoms with Crippen molar-refractivity contribution in [1.82, 2.24) is 4.57 Å². The van der Waals surface area contributed by atoms with E-state index in [4.69, 9.17) is 0 Å². The molecular weight excluding hydrogens is 278 g/mol. The fraction of sp³-hybridized carbons (Fsp3) is 0.0714. The number of nitrogens with zero attached hydrogens (tertiary/aromatic N) is 1. The Labute approximate surface area is 107 Å². The minimum atomic E-state index is 0.0306. The van der Waals surface area contributed by atoms with E-state index < -0.39 is 0 Å². The molecule has 17 heavy (non-hydrogen) atoms. The van der Waals surface area contributed by atoms with Crippen LogP contribution in [0.3, 0.4) is 0 Å². The molecule has 1 heterocycles. The molecule has 2 aromatic carbocycles. The van der Waals surface area contributed by atoms with Crippen molar-refractivity contribution in [2.75, 3.05) is 0 Å². The molecule has 0 bridgehead atoms. The van der Waals surface area contributed by atoms with Crippen LogP contribution >= 0.6 is 15.9 Å². The van der Waals surface area contributed by atoms with Crippen LogP contribution in [0, 0.1) is 0 Å². The highest BCUT2D eigenvalue weighted by Gasteiger charge is 2.14. The third-order valence-electron chi connectivity index (χ3n) is 2.96. The lowest BCUT2D eigenvalue weighted by molar-refractivity contribution is 0.0946. The fourth-order valence-corrected chi connectivity index (χ4v) is 2.85. The van der Waals surface area contributed by atoms with Gasteiger partial charge in [-0.15, -0.1) is 0 Å². The summed E-state index contributed by atoms with van der Waals surface area (Å²) in [5, 5.41) is 2.21. The summed E-state index contributed by atoms with van der Waals surface area (Å²) in [5.74, 6) is 0.0306. The topological polar surface area (TPSA) is 22.0 Å². The highest BCUT2D eigenvalue weighted by atomic mass is 79.9. The van der Waals surface area contributed by atoms with Gasteiger partial charge in [-0.1, -0.05) is 30.3 Å². The van der Waals surface area contributed by atoms with Crippen LogP contribution in [0.5, 0.6) is 0 Å². The lowest BCUT2D eigenvalue weighted by Gasteiger charge is -2.02. The number of carbonyl (C=O) groups is 1. The second-order valence-electron chi connectivity index (χ2n) is 4.01. The van der Waals surface area contributed by atoms with E-state index in [1.807, 2.05) is 42.5 Å². The van der Waals surface area contributed by atoms with Crippen molar-refractivity contribution >= 4 is 43.6 Å². The van der Waals surface area contributed by atoms with Crippen LogP contribution in [0.4, 0.5) is 0 Å². The third-order valence-corrected chi connectivity index (χ3v) is 3.60. The van der Waals surface area contributed by atoms with Crippen molar-refractivity contribution in [2.24, 2.45) is 0 Å². The van der Waals surface area contributed by atoms with Crippen molar-refractivity contribution in [3.63, 3.8) is 0 Å². The number of fused-ring (bicyclic) bond motifs is 3. The van der Waals surface area contributed by atoms with E-state index >= 15 is 0 Å². The Kier molecular flexibility index (Phi) is 2.30. The van der Waals surface area contributed by atoms with Crippen LogP contribution in [0.15, 0.2) is 46.9 Å². The minimum Gasteiger partial charge on any atom is -0.279 e. The van der Waals surface area contributed by atoms with E-state index in [1.165, 1.54) is 0 Å². The maximum Gasteiger partial charge on any atom is 0.228 e. The molecule has 0 spiro atoms. The largest absolute Gasteiger partial charge is 0.279 e. The van der Waals surface area contributed by atoms with Crippen molar-refractivity contribution in [2.45, 2.75) is 6.92 Å². The van der Waals surface area contributed by atoms with Crippen LogP contribution in [-0.4, -0.2) is 10.5 Å². The number of hydrogen-bond donors (Lipinski definition) is 0. The zero-order valence-electron chi connectivity index (χ0n) is 9.27. The molecule has 0 N–H and O–H groups in total. The number of hydrogen-bond acceptors (Lipinski definition) is 1. The molecule has 0 atom stereocenters. The van der Waals surface area contributed by atoms with Crippen molar-refractivity contribution in [3.05, 3.63) is 46.9 Å². The van der Waals surface area contributed by atoms with E-state index in [9.17, 15) is 4.79 Å². The minimum absolute atomic E-state index is 0.0306. The molecule has 0 amide bonds. The molecule has 0 radical (unpaired) electrons. The molecule has 0 unspecified atom stereocenters. The Morgan fingerprint density at radius 2 is 1.76 bits per heavy atom. The molecule has 0 fully saturated rings. The molecule has 2 nitrogen and oxygen atoms in total. The van der Waals surface area contributed by atoms with Crippen molar-refractivity contribution in [1.29, 1.82) is 0 Å². The standard InChI is InChI=1S/C14H10BrNO/c1-9(17)16-13-8-3-2-5-10(13)11-6-4-7-12(15)14(11)16/h2-8H,1H3. The van der Waals surface area contributed by atoms with E-state index in [-0.39, 0.29) is 5.91 Å². The molecule has 0 saturated carbocycles. The Morgan fingerprint density at radius 3 is 2.53 bits per heavy atom. The van der Waals surface area contributed by atoms with Gasteiger partial charge in [0.25, 0.3) is 0 Å². The number of para-hydroxylation sites is 2. The summed E-state index contributed by atoms with van der Waals surface area (Å²) >= 11 is 3.52. The number of halogens is 1. The third kappa shape index (κ3) is 1.42. The first-order valence-electron chi connectivity index (χ1n) is 5.39. The van der Waals surface area contributed by atoms with E-state index in [0.29, 0.717) is 0 Å². The number of rotatable bonds is 0. The van der Waals surface area contributed by atoms with Crippen molar-refractivity contribution in [3.8, 4) is 0 Å². The van der Waals surface area contributed by atoms with Crippen LogP contribution < -0.4 is 0 Å². The van der Waals surface area contributed by atoms with E-state index in [1.54, 1.807) is 11.5 Å². The summed E-state index contributed by atoms with van der Waals surface area (Å²) in [4.78, 5) is 11.8. The normalized spacial score (nSPS) is 11.2. The second kappa shape index (κ2) is 3.70. The van der Waals surface area contributed by atoms with Gasteiger partial charge >= 0.3 is 0 Å². The molecule has 0 aliphatic rings. The highest BCUT2D eigenvalue weighted by molar-refractivity contribution is 9.10. The van der Waals surface area contributed by atoms with E-state index in [0.717, 1.165) is 26.3 Å². The summed E-state index contributed by atoms with van der Waals surface area (Å²) in [5.41, 5.74) is 1.91. The lowest BCUT2D eigenvalue weighted by atomic mass is 10.2. The fourth-order valence-electron chi connectivity index (χ4n) is 2.30. The molecular formula is C14H10BrNO. The van der Waals surface area contributed by atoms with Crippen molar-refractivity contribution < 1.29 is 4.79 Å². The molecule has 3 rings (SSSR count). The van der Waals surface area contributed by atoms with Gasteiger partial charge in [0.15, 0.2) is 0 Å². The van der Waals surface area contributed by atoms with Gasteiger partial charge in [-0.2, -0.15) is 0 Å². The molecule has 3 aromatic rings. The predicted octanol–water partition coefficient (Wildman–Crippen LogP) is 4.22. The molecule has 3 heteroatoms. The number of carbonyl (C=O) groups excluding carboxylic acids is 1. The molecule has 1 aromatic heterocycles. The van der Waals surface area contributed by atoms with Gasteiger partial charge in [-0.05, 0) is 28.1 Å². The summed E-state index contributed by atoms with van der Waals surface area (Å²) in [7, 11) is 0. The molecule has 0 aliphatic carbocycles. The Bertz CT molecular complexity index is 742. The monoisotopic (exact) mass is 287 g/mol. The Morgan fingerprint density at radius 1 is 1.06 bits per heavy atom. The summed E-state index contributed by atoms with van der Waals surface area (Å²) in [6, 6.07) is 14.0. The van der Waals surface area contributed by atoms with Gasteiger partial charge in [0.05, 0.1) is 11.0 Å².